The van der Waals surface area contributed by atoms with Crippen LogP contribution < -0.4 is 11.1 Å². The first kappa shape index (κ1) is 17.4. The Labute approximate surface area is 153 Å². The van der Waals surface area contributed by atoms with Gasteiger partial charge in [0.2, 0.25) is 0 Å². The van der Waals surface area contributed by atoms with Crippen LogP contribution in [0.3, 0.4) is 0 Å². The van der Waals surface area contributed by atoms with E-state index >= 15 is 0 Å². The topological polar surface area (TPSA) is 73.9 Å². The van der Waals surface area contributed by atoms with Crippen LogP contribution in [0.4, 0.5) is 0 Å². The highest BCUT2D eigenvalue weighted by molar-refractivity contribution is 7.80. The number of piperidine rings is 1. The van der Waals surface area contributed by atoms with Crippen molar-refractivity contribution in [2.45, 2.75) is 18.9 Å². The van der Waals surface area contributed by atoms with E-state index in [0.29, 0.717) is 11.3 Å². The fourth-order valence-corrected chi connectivity index (χ4v) is 3.19. The summed E-state index contributed by atoms with van der Waals surface area (Å²) in [7, 11) is 0. The molecule has 2 aromatic rings. The van der Waals surface area contributed by atoms with Crippen molar-refractivity contribution in [2.75, 3.05) is 13.1 Å². The van der Waals surface area contributed by atoms with E-state index in [2.05, 4.69) is 5.32 Å². The van der Waals surface area contributed by atoms with Crippen LogP contribution >= 0.6 is 12.2 Å². The molecule has 5 nitrogen and oxygen atoms in total. The van der Waals surface area contributed by atoms with Gasteiger partial charge in [-0.15, -0.1) is 0 Å². The summed E-state index contributed by atoms with van der Waals surface area (Å²) < 4.78 is 0. The average molecular weight is 354 g/mol. The summed E-state index contributed by atoms with van der Waals surface area (Å²) in [4.78, 5) is 0. The van der Waals surface area contributed by atoms with E-state index < -0.39 is 0 Å². The van der Waals surface area contributed by atoms with Gasteiger partial charge < -0.3 is 16.2 Å². The molecule has 1 saturated heterocycles. The van der Waals surface area contributed by atoms with E-state index in [-0.39, 0.29) is 16.9 Å². The summed E-state index contributed by atoms with van der Waals surface area (Å²) in [5.41, 5.74) is 8.17. The second-order valence-corrected chi connectivity index (χ2v) is 6.43. The van der Waals surface area contributed by atoms with Gasteiger partial charge in [0.25, 0.3) is 0 Å². The number of benzene rings is 2. The largest absolute Gasteiger partial charge is 0.507 e. The fourth-order valence-electron chi connectivity index (χ4n) is 3.00. The number of hydrogen-bond donors (Lipinski definition) is 3. The van der Waals surface area contributed by atoms with E-state index in [0.717, 1.165) is 31.5 Å². The van der Waals surface area contributed by atoms with E-state index in [1.165, 1.54) is 0 Å². The summed E-state index contributed by atoms with van der Waals surface area (Å²) in [6, 6.07) is 17.0. The predicted octanol–water partition coefficient (Wildman–Crippen LogP) is 2.44. The Bertz CT molecular complexity index is 757. The van der Waals surface area contributed by atoms with Crippen LogP contribution in [0.25, 0.3) is 0 Å². The number of phenolic OH excluding ortho intramolecular Hbond substituents is 1. The normalized spacial score (nSPS) is 17.9. The molecule has 1 aliphatic heterocycles. The maximum Gasteiger partial charge on any atom is 0.187 e. The van der Waals surface area contributed by atoms with Crippen LogP contribution in [0.15, 0.2) is 59.7 Å². The highest BCUT2D eigenvalue weighted by atomic mass is 32.1. The lowest BCUT2D eigenvalue weighted by molar-refractivity contribution is 0.267. The molecule has 0 saturated carbocycles. The van der Waals surface area contributed by atoms with Crippen LogP contribution in [0.5, 0.6) is 5.75 Å². The van der Waals surface area contributed by atoms with Gasteiger partial charge in [0.05, 0.1) is 6.04 Å². The number of hydrazone groups is 1. The first-order valence-corrected chi connectivity index (χ1v) is 8.79. The van der Waals surface area contributed by atoms with Gasteiger partial charge in [0, 0.05) is 17.7 Å². The third-order valence-corrected chi connectivity index (χ3v) is 4.44. The highest BCUT2D eigenvalue weighted by Gasteiger charge is 2.23. The molecule has 0 radical (unpaired) electrons. The number of nitrogens with one attached hydrogen (secondary N) is 1. The third-order valence-electron chi connectivity index (χ3n) is 4.26. The Morgan fingerprint density at radius 2 is 1.88 bits per heavy atom. The lowest BCUT2D eigenvalue weighted by Crippen LogP contribution is -2.48. The number of nitrogens with two attached hydrogens (primary N) is 1. The molecule has 2 aromatic carbocycles. The zero-order chi connectivity index (χ0) is 17.6. The van der Waals surface area contributed by atoms with Gasteiger partial charge in [-0.05, 0) is 43.7 Å². The van der Waals surface area contributed by atoms with Crippen molar-refractivity contribution in [3.8, 4) is 5.75 Å². The molecule has 1 heterocycles. The molecule has 6 heteroatoms. The molecule has 0 aliphatic carbocycles. The SMILES string of the molecule is NC(=S)N(N=C(c1ccccc1)c1ccccc1O)C1CCCNC1. The number of aromatic hydroxyl groups is 1. The summed E-state index contributed by atoms with van der Waals surface area (Å²) >= 11 is 5.26. The Hall–Kier alpha value is -2.44. The van der Waals surface area contributed by atoms with Crippen LogP contribution in [-0.2, 0) is 0 Å². The van der Waals surface area contributed by atoms with Crippen LogP contribution in [0, 0.1) is 0 Å². The summed E-state index contributed by atoms with van der Waals surface area (Å²) in [6.07, 6.45) is 2.02. The van der Waals surface area contributed by atoms with E-state index in [1.807, 2.05) is 42.5 Å². The van der Waals surface area contributed by atoms with Gasteiger partial charge >= 0.3 is 0 Å². The molecule has 4 N–H and O–H groups in total. The molecule has 0 bridgehead atoms. The van der Waals surface area contributed by atoms with Crippen LogP contribution in [-0.4, -0.2) is 40.1 Å². The van der Waals surface area contributed by atoms with Crippen molar-refractivity contribution in [3.63, 3.8) is 0 Å². The van der Waals surface area contributed by atoms with Gasteiger partial charge in [0.15, 0.2) is 5.11 Å². The molecule has 1 unspecified atom stereocenters. The first-order valence-electron chi connectivity index (χ1n) is 8.38. The molecular weight excluding hydrogens is 332 g/mol. The van der Waals surface area contributed by atoms with Crippen molar-refractivity contribution < 1.29 is 5.11 Å². The molecule has 130 valence electrons. The zero-order valence-corrected chi connectivity index (χ0v) is 14.7. The van der Waals surface area contributed by atoms with Crippen LogP contribution in [0.1, 0.15) is 24.0 Å². The average Bonchev–Trinajstić information content (AvgIpc) is 2.65. The summed E-state index contributed by atoms with van der Waals surface area (Å²) in [6.45, 7) is 1.78. The molecule has 0 amide bonds. The number of thiocarbonyl (C=S) groups is 1. The Kier molecular flexibility index (Phi) is 5.63. The minimum Gasteiger partial charge on any atom is -0.507 e. The lowest BCUT2D eigenvalue weighted by atomic mass is 10.0. The Balaban J connectivity index is 2.07. The Morgan fingerprint density at radius 1 is 1.16 bits per heavy atom. The van der Waals surface area contributed by atoms with Crippen molar-refractivity contribution in [3.05, 3.63) is 65.7 Å². The van der Waals surface area contributed by atoms with Crippen molar-refractivity contribution in [1.82, 2.24) is 10.3 Å². The number of para-hydroxylation sites is 1. The van der Waals surface area contributed by atoms with Gasteiger partial charge in [0.1, 0.15) is 11.5 Å². The van der Waals surface area contributed by atoms with Gasteiger partial charge in [-0.2, -0.15) is 5.10 Å². The van der Waals surface area contributed by atoms with Crippen molar-refractivity contribution in [1.29, 1.82) is 0 Å². The fraction of sp³-hybridized carbons (Fsp3) is 0.263. The predicted molar refractivity (Wildman–Crippen MR) is 105 cm³/mol. The molecule has 1 atom stereocenters. The maximum atomic E-state index is 10.3. The molecule has 25 heavy (non-hydrogen) atoms. The lowest BCUT2D eigenvalue weighted by Gasteiger charge is -2.32. The first-order chi connectivity index (χ1) is 12.2. The van der Waals surface area contributed by atoms with Crippen LogP contribution in [0.2, 0.25) is 0 Å². The monoisotopic (exact) mass is 354 g/mol. The highest BCUT2D eigenvalue weighted by Crippen LogP contribution is 2.22. The summed E-state index contributed by atoms with van der Waals surface area (Å²) in [5, 5.41) is 20.4. The molecule has 1 fully saturated rings. The molecule has 0 spiro atoms. The number of phenols is 1. The smallest absolute Gasteiger partial charge is 0.187 e. The van der Waals surface area contributed by atoms with Gasteiger partial charge in [-0.3, -0.25) is 0 Å². The van der Waals surface area contributed by atoms with Crippen molar-refractivity contribution in [2.24, 2.45) is 10.8 Å². The quantitative estimate of drug-likeness (QED) is 0.447. The van der Waals surface area contributed by atoms with E-state index in [1.54, 1.807) is 17.1 Å². The van der Waals surface area contributed by atoms with E-state index in [9.17, 15) is 5.11 Å². The van der Waals surface area contributed by atoms with Gasteiger partial charge in [-0.25, -0.2) is 5.01 Å². The molecule has 1 aliphatic rings. The minimum atomic E-state index is 0.107. The molecular formula is C19H22N4OS. The third kappa shape index (κ3) is 4.15. The van der Waals surface area contributed by atoms with E-state index in [4.69, 9.17) is 23.1 Å². The molecule has 0 aromatic heterocycles. The number of rotatable bonds is 4. The standard InChI is InChI=1S/C19H22N4OS/c20-19(25)23(15-9-6-12-21-13-15)22-18(14-7-2-1-3-8-14)16-10-4-5-11-17(16)24/h1-5,7-8,10-11,15,21,24H,6,9,12-13H2,(H2,20,25). The summed E-state index contributed by atoms with van der Waals surface area (Å²) in [5.74, 6) is 0.176. The second-order valence-electron chi connectivity index (χ2n) is 6.01. The van der Waals surface area contributed by atoms with Gasteiger partial charge in [-0.1, -0.05) is 42.5 Å². The zero-order valence-electron chi connectivity index (χ0n) is 13.9. The maximum absolute atomic E-state index is 10.3. The number of nitrogens with zero attached hydrogens (tertiary/aromatic N) is 2. The second kappa shape index (κ2) is 8.09. The number of hydrogen-bond acceptors (Lipinski definition) is 4. The Morgan fingerprint density at radius 3 is 2.52 bits per heavy atom. The minimum absolute atomic E-state index is 0.107. The molecule has 3 rings (SSSR count). The van der Waals surface area contributed by atoms with Crippen molar-refractivity contribution >= 4 is 23.0 Å².